The van der Waals surface area contributed by atoms with Crippen molar-refractivity contribution in [3.63, 3.8) is 0 Å². The lowest BCUT2D eigenvalue weighted by Crippen LogP contribution is -2.46. The van der Waals surface area contributed by atoms with Crippen LogP contribution >= 0.6 is 11.3 Å². The van der Waals surface area contributed by atoms with Crippen LogP contribution in [0.1, 0.15) is 43.7 Å². The number of nitrogens with two attached hydrogens (primary N) is 1. The first-order valence-corrected chi connectivity index (χ1v) is 11.5. The molecule has 0 aromatic carbocycles. The van der Waals surface area contributed by atoms with Gasteiger partial charge in [0.25, 0.3) is 0 Å². The molecule has 0 radical (unpaired) electrons. The average molecular weight is 469 g/mol. The van der Waals surface area contributed by atoms with Crippen molar-refractivity contribution in [1.29, 1.82) is 0 Å². The molecule has 0 unspecified atom stereocenters. The number of carbonyl (C=O) groups excluding carboxylic acids is 1. The van der Waals surface area contributed by atoms with Crippen LogP contribution in [0, 0.1) is 18.3 Å². The second-order valence-corrected chi connectivity index (χ2v) is 10.2. The highest BCUT2D eigenvalue weighted by atomic mass is 32.1. The van der Waals surface area contributed by atoms with Gasteiger partial charge in [0.05, 0.1) is 17.7 Å². The molecule has 4 rings (SSSR count). The molecular weight excluding hydrogens is 440 g/mol. The van der Waals surface area contributed by atoms with E-state index >= 15 is 0 Å². The third kappa shape index (κ3) is 4.81. The Bertz CT molecular complexity index is 1180. The molecule has 0 spiro atoms. The number of aliphatic hydroxyl groups is 1. The minimum absolute atomic E-state index is 0.260. The van der Waals surface area contributed by atoms with Gasteiger partial charge < -0.3 is 20.9 Å². The Morgan fingerprint density at radius 1 is 1.24 bits per heavy atom. The SMILES string of the molecule is COc1cc(Nc2cc(C)cc(-c3cnc([C@@]4(O)CC[C@H](C(N)=O)C(C)(C)C4)s3)n2)ncn1. The van der Waals surface area contributed by atoms with Gasteiger partial charge in [0.2, 0.25) is 11.8 Å². The van der Waals surface area contributed by atoms with E-state index in [0.29, 0.717) is 41.8 Å². The molecule has 1 aliphatic rings. The van der Waals surface area contributed by atoms with E-state index in [-0.39, 0.29) is 11.8 Å². The van der Waals surface area contributed by atoms with Crippen molar-refractivity contribution in [2.24, 2.45) is 17.1 Å². The molecule has 1 aliphatic carbocycles. The van der Waals surface area contributed by atoms with Gasteiger partial charge in [-0.05, 0) is 49.3 Å². The zero-order valence-corrected chi connectivity index (χ0v) is 19.9. The molecule has 4 N–H and O–H groups in total. The maximum atomic E-state index is 11.8. The summed E-state index contributed by atoms with van der Waals surface area (Å²) in [7, 11) is 1.55. The number of nitrogens with one attached hydrogen (secondary N) is 1. The fraction of sp³-hybridized carbons (Fsp3) is 0.435. The summed E-state index contributed by atoms with van der Waals surface area (Å²) in [5.41, 5.74) is 5.84. The molecule has 9 nitrogen and oxygen atoms in total. The van der Waals surface area contributed by atoms with Gasteiger partial charge >= 0.3 is 0 Å². The molecule has 2 atom stereocenters. The summed E-state index contributed by atoms with van der Waals surface area (Å²) >= 11 is 1.42. The molecule has 3 aromatic heterocycles. The molecule has 0 bridgehead atoms. The lowest BCUT2D eigenvalue weighted by molar-refractivity contribution is -0.134. The minimum Gasteiger partial charge on any atom is -0.481 e. The molecule has 0 saturated heterocycles. The van der Waals surface area contributed by atoms with E-state index in [1.807, 2.05) is 32.9 Å². The molecule has 33 heavy (non-hydrogen) atoms. The Morgan fingerprint density at radius 2 is 2.03 bits per heavy atom. The summed E-state index contributed by atoms with van der Waals surface area (Å²) in [6.45, 7) is 5.94. The van der Waals surface area contributed by atoms with E-state index in [1.165, 1.54) is 17.7 Å². The van der Waals surface area contributed by atoms with Crippen molar-refractivity contribution in [2.75, 3.05) is 12.4 Å². The number of primary amides is 1. The summed E-state index contributed by atoms with van der Waals surface area (Å²) in [4.78, 5) is 30.2. The lowest BCUT2D eigenvalue weighted by atomic mass is 9.63. The van der Waals surface area contributed by atoms with Crippen LogP contribution in [0.2, 0.25) is 0 Å². The van der Waals surface area contributed by atoms with Crippen LogP contribution in [0.4, 0.5) is 11.6 Å². The van der Waals surface area contributed by atoms with Gasteiger partial charge in [0, 0.05) is 18.2 Å². The Morgan fingerprint density at radius 3 is 2.73 bits per heavy atom. The highest BCUT2D eigenvalue weighted by Gasteiger charge is 2.48. The molecule has 1 fully saturated rings. The summed E-state index contributed by atoms with van der Waals surface area (Å²) in [5, 5.41) is 15.2. The van der Waals surface area contributed by atoms with Crippen molar-refractivity contribution < 1.29 is 14.6 Å². The van der Waals surface area contributed by atoms with E-state index in [0.717, 1.165) is 16.1 Å². The van der Waals surface area contributed by atoms with Crippen LogP contribution in [0.5, 0.6) is 5.88 Å². The fourth-order valence-corrected chi connectivity index (χ4v) is 5.56. The monoisotopic (exact) mass is 468 g/mol. The van der Waals surface area contributed by atoms with E-state index in [2.05, 4.69) is 20.3 Å². The smallest absolute Gasteiger partial charge is 0.221 e. The van der Waals surface area contributed by atoms with Crippen LogP contribution in [0.15, 0.2) is 30.7 Å². The summed E-state index contributed by atoms with van der Waals surface area (Å²) < 4.78 is 5.15. The average Bonchev–Trinajstić information content (AvgIpc) is 3.24. The Labute approximate surface area is 196 Å². The van der Waals surface area contributed by atoms with Gasteiger partial charge in [0.1, 0.15) is 28.6 Å². The number of amides is 1. The molecule has 3 heterocycles. The van der Waals surface area contributed by atoms with Crippen LogP contribution < -0.4 is 15.8 Å². The first-order valence-electron chi connectivity index (χ1n) is 10.7. The van der Waals surface area contributed by atoms with Crippen LogP contribution in [-0.2, 0) is 10.4 Å². The number of carbonyl (C=O) groups is 1. The van der Waals surface area contributed by atoms with E-state index in [9.17, 15) is 9.90 Å². The quantitative estimate of drug-likeness (QED) is 0.500. The number of rotatable bonds is 6. The second kappa shape index (κ2) is 8.68. The largest absolute Gasteiger partial charge is 0.481 e. The van der Waals surface area contributed by atoms with Crippen LogP contribution in [0.3, 0.4) is 0 Å². The molecule has 0 aliphatic heterocycles. The number of pyridine rings is 1. The highest BCUT2D eigenvalue weighted by Crippen LogP contribution is 2.50. The molecule has 174 valence electrons. The standard InChI is InChI=1S/C23H28N6O3S/c1-13-7-15(28-18(8-13)29-17-9-19(32-4)27-12-26-17)16-10-25-21(33-16)23(31)6-5-14(20(24)30)22(2,3)11-23/h7-10,12,14,31H,5-6,11H2,1-4H3,(H2,24,30)(H,26,27,28,29)/t14-,23-/m1/s1. The molecule has 10 heteroatoms. The van der Waals surface area contributed by atoms with Gasteiger partial charge in [-0.2, -0.15) is 0 Å². The number of hydrogen-bond donors (Lipinski definition) is 3. The normalized spacial score (nSPS) is 22.0. The molecular formula is C23H28N6O3S. The molecule has 3 aromatic rings. The third-order valence-corrected chi connectivity index (χ3v) is 7.33. The lowest BCUT2D eigenvalue weighted by Gasteiger charge is -2.44. The van der Waals surface area contributed by atoms with E-state index in [1.54, 1.807) is 19.4 Å². The minimum atomic E-state index is -1.10. The number of nitrogens with zero attached hydrogens (tertiary/aromatic N) is 4. The van der Waals surface area contributed by atoms with Gasteiger partial charge in [-0.15, -0.1) is 11.3 Å². The van der Waals surface area contributed by atoms with Crippen molar-refractivity contribution in [2.45, 2.75) is 45.6 Å². The van der Waals surface area contributed by atoms with Gasteiger partial charge in [0.15, 0.2) is 0 Å². The number of methoxy groups -OCH3 is 1. The zero-order chi connectivity index (χ0) is 23.8. The highest BCUT2D eigenvalue weighted by molar-refractivity contribution is 7.15. The van der Waals surface area contributed by atoms with Crippen molar-refractivity contribution >= 4 is 28.9 Å². The topological polar surface area (TPSA) is 136 Å². The number of aryl methyl sites for hydroxylation is 1. The maximum Gasteiger partial charge on any atom is 0.221 e. The summed E-state index contributed by atoms with van der Waals surface area (Å²) in [5.74, 6) is 1.08. The molecule has 1 amide bonds. The summed E-state index contributed by atoms with van der Waals surface area (Å²) in [6.07, 6.45) is 4.56. The van der Waals surface area contributed by atoms with E-state index in [4.69, 9.17) is 15.5 Å². The Hall–Kier alpha value is -3.11. The number of hydrogen-bond acceptors (Lipinski definition) is 9. The predicted molar refractivity (Wildman–Crippen MR) is 126 cm³/mol. The number of ether oxygens (including phenoxy) is 1. The molecule has 1 saturated carbocycles. The maximum absolute atomic E-state index is 11.8. The Balaban J connectivity index is 1.59. The van der Waals surface area contributed by atoms with Crippen LogP contribution in [0.25, 0.3) is 10.6 Å². The predicted octanol–water partition coefficient (Wildman–Crippen LogP) is 3.55. The van der Waals surface area contributed by atoms with Gasteiger partial charge in [-0.25, -0.2) is 19.9 Å². The number of anilines is 2. The van der Waals surface area contributed by atoms with Crippen molar-refractivity contribution in [3.8, 4) is 16.5 Å². The summed E-state index contributed by atoms with van der Waals surface area (Å²) in [6, 6.07) is 5.58. The van der Waals surface area contributed by atoms with Crippen molar-refractivity contribution in [1.82, 2.24) is 19.9 Å². The first kappa shape index (κ1) is 23.1. The Kier molecular flexibility index (Phi) is 6.06. The first-order chi connectivity index (χ1) is 15.6. The third-order valence-electron chi connectivity index (χ3n) is 6.11. The number of thiazole rings is 1. The number of aromatic nitrogens is 4. The fourth-order valence-electron chi connectivity index (χ4n) is 4.56. The second-order valence-electron chi connectivity index (χ2n) is 9.21. The van der Waals surface area contributed by atoms with Crippen LogP contribution in [-0.4, -0.2) is 38.1 Å². The van der Waals surface area contributed by atoms with Gasteiger partial charge in [-0.3, -0.25) is 4.79 Å². The van der Waals surface area contributed by atoms with Crippen molar-refractivity contribution in [3.05, 3.63) is 41.3 Å². The zero-order valence-electron chi connectivity index (χ0n) is 19.1. The van der Waals surface area contributed by atoms with Gasteiger partial charge in [-0.1, -0.05) is 13.8 Å². The van der Waals surface area contributed by atoms with E-state index < -0.39 is 11.0 Å².